The lowest BCUT2D eigenvalue weighted by atomic mass is 10.0. The Bertz CT molecular complexity index is 608. The van der Waals surface area contributed by atoms with Crippen LogP contribution in [0.25, 0.3) is 0 Å². The summed E-state index contributed by atoms with van der Waals surface area (Å²) in [4.78, 5) is 12.1. The topological polar surface area (TPSA) is 74.5 Å². The first-order chi connectivity index (χ1) is 11.2. The molecule has 1 aliphatic rings. The Morgan fingerprint density at radius 2 is 2.00 bits per heavy atom. The molecule has 0 aliphatic heterocycles. The summed E-state index contributed by atoms with van der Waals surface area (Å²) in [6.45, 7) is 0.127. The lowest BCUT2D eigenvalue weighted by Crippen LogP contribution is -2.45. The van der Waals surface area contributed by atoms with Crippen LogP contribution in [0.15, 0.2) is 53.1 Å². The van der Waals surface area contributed by atoms with Crippen molar-refractivity contribution in [2.24, 2.45) is 5.92 Å². The van der Waals surface area contributed by atoms with E-state index in [-0.39, 0.29) is 18.6 Å². The molecule has 1 saturated carbocycles. The van der Waals surface area contributed by atoms with Crippen LogP contribution >= 0.6 is 0 Å². The maximum Gasteiger partial charge on any atom is 0.315 e. The van der Waals surface area contributed by atoms with Gasteiger partial charge in [-0.3, -0.25) is 0 Å². The zero-order valence-electron chi connectivity index (χ0n) is 12.9. The zero-order chi connectivity index (χ0) is 16.1. The second-order valence-electron chi connectivity index (χ2n) is 6.02. The SMILES string of the molecule is O=C(NCC(O)c1ccco1)NC(Cc1ccccc1)C1CC1. The predicted octanol–water partition coefficient (Wildman–Crippen LogP) is 2.63. The molecule has 5 heteroatoms. The number of aliphatic hydroxyl groups is 1. The molecule has 5 nitrogen and oxygen atoms in total. The van der Waals surface area contributed by atoms with E-state index < -0.39 is 6.10 Å². The van der Waals surface area contributed by atoms with Gasteiger partial charge in [-0.15, -0.1) is 0 Å². The molecular formula is C18H22N2O3. The minimum absolute atomic E-state index is 0.127. The van der Waals surface area contributed by atoms with Gasteiger partial charge in [0.05, 0.1) is 12.8 Å². The van der Waals surface area contributed by atoms with Crippen LogP contribution < -0.4 is 10.6 Å². The second-order valence-corrected chi connectivity index (χ2v) is 6.02. The van der Waals surface area contributed by atoms with Crippen molar-refractivity contribution in [2.75, 3.05) is 6.54 Å². The minimum Gasteiger partial charge on any atom is -0.467 e. The Hall–Kier alpha value is -2.27. The molecule has 1 fully saturated rings. The lowest BCUT2D eigenvalue weighted by molar-refractivity contribution is 0.147. The molecule has 1 aromatic carbocycles. The Kier molecular flexibility index (Phi) is 4.98. The van der Waals surface area contributed by atoms with Crippen LogP contribution in [0, 0.1) is 5.92 Å². The third kappa shape index (κ3) is 4.60. The highest BCUT2D eigenvalue weighted by Crippen LogP contribution is 2.34. The normalized spacial score (nSPS) is 16.6. The molecule has 3 rings (SSSR count). The summed E-state index contributed by atoms with van der Waals surface area (Å²) in [7, 11) is 0. The summed E-state index contributed by atoms with van der Waals surface area (Å²) in [5.74, 6) is 1.00. The van der Waals surface area contributed by atoms with E-state index in [0.29, 0.717) is 11.7 Å². The van der Waals surface area contributed by atoms with Crippen LogP contribution in [-0.2, 0) is 6.42 Å². The quantitative estimate of drug-likeness (QED) is 0.735. The molecule has 2 amide bonds. The van der Waals surface area contributed by atoms with Crippen LogP contribution in [0.1, 0.15) is 30.3 Å². The summed E-state index contributed by atoms with van der Waals surface area (Å²) in [5.41, 5.74) is 1.22. The van der Waals surface area contributed by atoms with E-state index in [2.05, 4.69) is 22.8 Å². The number of carbonyl (C=O) groups excluding carboxylic acids is 1. The molecule has 0 saturated heterocycles. The van der Waals surface area contributed by atoms with Crippen molar-refractivity contribution in [1.29, 1.82) is 0 Å². The average Bonchev–Trinajstić information content (AvgIpc) is 3.27. The van der Waals surface area contributed by atoms with Crippen LogP contribution in [0.2, 0.25) is 0 Å². The fraction of sp³-hybridized carbons (Fsp3) is 0.389. The van der Waals surface area contributed by atoms with Crippen molar-refractivity contribution in [3.05, 3.63) is 60.1 Å². The van der Waals surface area contributed by atoms with Crippen molar-refractivity contribution < 1.29 is 14.3 Å². The summed E-state index contributed by atoms with van der Waals surface area (Å²) in [5, 5.41) is 15.7. The molecule has 3 N–H and O–H groups in total. The fourth-order valence-corrected chi connectivity index (χ4v) is 2.69. The number of hydrogen-bond acceptors (Lipinski definition) is 3. The number of benzene rings is 1. The zero-order valence-corrected chi connectivity index (χ0v) is 12.9. The number of amides is 2. The smallest absolute Gasteiger partial charge is 0.315 e. The van der Waals surface area contributed by atoms with Gasteiger partial charge in [0.15, 0.2) is 0 Å². The van der Waals surface area contributed by atoms with E-state index in [4.69, 9.17) is 4.42 Å². The highest BCUT2D eigenvalue weighted by Gasteiger charge is 2.32. The number of aliphatic hydroxyl groups excluding tert-OH is 1. The van der Waals surface area contributed by atoms with Gasteiger partial charge in [-0.1, -0.05) is 30.3 Å². The maximum atomic E-state index is 12.1. The Morgan fingerprint density at radius 1 is 1.22 bits per heavy atom. The van der Waals surface area contributed by atoms with E-state index in [9.17, 15) is 9.90 Å². The molecule has 0 bridgehead atoms. The first kappa shape index (κ1) is 15.6. The second kappa shape index (κ2) is 7.33. The van der Waals surface area contributed by atoms with Gasteiger partial charge in [-0.2, -0.15) is 0 Å². The lowest BCUT2D eigenvalue weighted by Gasteiger charge is -2.19. The van der Waals surface area contributed by atoms with Gasteiger partial charge in [0.1, 0.15) is 11.9 Å². The van der Waals surface area contributed by atoms with Gasteiger partial charge < -0.3 is 20.2 Å². The third-order valence-electron chi connectivity index (χ3n) is 4.13. The summed E-state index contributed by atoms with van der Waals surface area (Å²) < 4.78 is 5.11. The van der Waals surface area contributed by atoms with E-state index in [1.807, 2.05) is 18.2 Å². The monoisotopic (exact) mass is 314 g/mol. The average molecular weight is 314 g/mol. The van der Waals surface area contributed by atoms with Gasteiger partial charge in [0.25, 0.3) is 0 Å². The fourth-order valence-electron chi connectivity index (χ4n) is 2.69. The number of carbonyl (C=O) groups is 1. The standard InChI is InChI=1S/C18H22N2O3/c21-16(17-7-4-10-23-17)12-19-18(22)20-15(14-8-9-14)11-13-5-2-1-3-6-13/h1-7,10,14-16,21H,8-9,11-12H2,(H2,19,20,22). The highest BCUT2D eigenvalue weighted by molar-refractivity contribution is 5.74. The van der Waals surface area contributed by atoms with Gasteiger partial charge in [0, 0.05) is 6.04 Å². The molecule has 2 aromatic rings. The molecule has 0 spiro atoms. The molecule has 2 unspecified atom stereocenters. The third-order valence-corrected chi connectivity index (χ3v) is 4.13. The van der Waals surface area contributed by atoms with Crippen molar-refractivity contribution >= 4 is 6.03 Å². The number of urea groups is 1. The van der Waals surface area contributed by atoms with Gasteiger partial charge in [0.2, 0.25) is 0 Å². The maximum absolute atomic E-state index is 12.1. The van der Waals surface area contributed by atoms with Crippen molar-refractivity contribution in [2.45, 2.75) is 31.4 Å². The van der Waals surface area contributed by atoms with Crippen molar-refractivity contribution in [3.63, 3.8) is 0 Å². The Balaban J connectivity index is 1.48. The van der Waals surface area contributed by atoms with Gasteiger partial charge in [-0.25, -0.2) is 4.79 Å². The molecular weight excluding hydrogens is 292 g/mol. The molecule has 1 aromatic heterocycles. The molecule has 1 heterocycles. The first-order valence-corrected chi connectivity index (χ1v) is 8.02. The molecule has 1 aliphatic carbocycles. The van der Waals surface area contributed by atoms with Gasteiger partial charge >= 0.3 is 6.03 Å². The molecule has 23 heavy (non-hydrogen) atoms. The van der Waals surface area contributed by atoms with Crippen LogP contribution in [0.5, 0.6) is 0 Å². The first-order valence-electron chi connectivity index (χ1n) is 8.02. The van der Waals surface area contributed by atoms with E-state index >= 15 is 0 Å². The van der Waals surface area contributed by atoms with Crippen molar-refractivity contribution in [1.82, 2.24) is 10.6 Å². The van der Waals surface area contributed by atoms with Crippen molar-refractivity contribution in [3.8, 4) is 0 Å². The largest absolute Gasteiger partial charge is 0.467 e. The highest BCUT2D eigenvalue weighted by atomic mass is 16.4. The summed E-state index contributed by atoms with van der Waals surface area (Å²) in [6.07, 6.45) is 3.82. The summed E-state index contributed by atoms with van der Waals surface area (Å²) >= 11 is 0. The molecule has 2 atom stereocenters. The number of hydrogen-bond donors (Lipinski definition) is 3. The molecule has 0 radical (unpaired) electrons. The molecule has 122 valence electrons. The van der Waals surface area contributed by atoms with E-state index in [1.54, 1.807) is 12.1 Å². The van der Waals surface area contributed by atoms with Crippen LogP contribution in [0.4, 0.5) is 4.79 Å². The number of nitrogens with one attached hydrogen (secondary N) is 2. The van der Waals surface area contributed by atoms with Gasteiger partial charge in [-0.05, 0) is 42.9 Å². The Labute approximate surface area is 135 Å². The van der Waals surface area contributed by atoms with Crippen LogP contribution in [0.3, 0.4) is 0 Å². The van der Waals surface area contributed by atoms with E-state index in [1.165, 1.54) is 11.8 Å². The van der Waals surface area contributed by atoms with Crippen LogP contribution in [-0.4, -0.2) is 23.7 Å². The predicted molar refractivity (Wildman–Crippen MR) is 86.9 cm³/mol. The number of rotatable bonds is 7. The number of furan rings is 1. The Morgan fingerprint density at radius 3 is 2.65 bits per heavy atom. The van der Waals surface area contributed by atoms with E-state index in [0.717, 1.165) is 19.3 Å². The minimum atomic E-state index is -0.829. The summed E-state index contributed by atoms with van der Waals surface area (Å²) in [6, 6.07) is 13.5.